The van der Waals surface area contributed by atoms with Gasteiger partial charge >= 0.3 is 5.97 Å². The van der Waals surface area contributed by atoms with E-state index in [1.54, 1.807) is 24.3 Å². The lowest BCUT2D eigenvalue weighted by molar-refractivity contribution is -0.144. The number of hydrazone groups is 1. The van der Waals surface area contributed by atoms with E-state index in [-0.39, 0.29) is 31.0 Å². The van der Waals surface area contributed by atoms with Crippen LogP contribution in [0, 0.1) is 0 Å². The van der Waals surface area contributed by atoms with Crippen LogP contribution in [0.2, 0.25) is 0 Å². The Morgan fingerprint density at radius 3 is 2.48 bits per heavy atom. The number of halogens is 1. The average molecular weight is 458 g/mol. The Hall–Kier alpha value is -3.00. The van der Waals surface area contributed by atoms with E-state index in [1.807, 2.05) is 30.3 Å². The maximum Gasteiger partial charge on any atom is 0.333 e. The highest BCUT2D eigenvalue weighted by atomic mass is 79.9. The topological polar surface area (TPSA) is 88.1 Å². The molecule has 0 aromatic heterocycles. The predicted octanol–water partition coefficient (Wildman–Crippen LogP) is 2.96. The first-order valence-corrected chi connectivity index (χ1v) is 9.83. The zero-order valence-corrected chi connectivity index (χ0v) is 17.4. The smallest absolute Gasteiger partial charge is 0.333 e. The molecular weight excluding hydrogens is 438 g/mol. The zero-order valence-electron chi connectivity index (χ0n) is 15.8. The van der Waals surface area contributed by atoms with Gasteiger partial charge in [0.15, 0.2) is 6.04 Å². The highest BCUT2D eigenvalue weighted by Gasteiger charge is 2.29. The summed E-state index contributed by atoms with van der Waals surface area (Å²) in [6, 6.07) is 15.4. The van der Waals surface area contributed by atoms with Crippen molar-refractivity contribution < 1.29 is 19.1 Å². The lowest BCUT2D eigenvalue weighted by Crippen LogP contribution is -2.42. The molecule has 1 heterocycles. The molecule has 2 aromatic rings. The van der Waals surface area contributed by atoms with Crippen molar-refractivity contribution in [1.29, 1.82) is 0 Å². The summed E-state index contributed by atoms with van der Waals surface area (Å²) in [6.07, 6.45) is 0.393. The van der Waals surface area contributed by atoms with Crippen molar-refractivity contribution in [2.45, 2.75) is 25.4 Å². The number of carbonyl (C=O) groups is 3. The summed E-state index contributed by atoms with van der Waals surface area (Å²) in [5.74, 6) is -1.24. The highest BCUT2D eigenvalue weighted by Crippen LogP contribution is 2.19. The van der Waals surface area contributed by atoms with E-state index in [0.29, 0.717) is 5.56 Å². The molecule has 29 heavy (non-hydrogen) atoms. The molecular formula is C21H20BrN3O4. The summed E-state index contributed by atoms with van der Waals surface area (Å²) in [5, 5.41) is 8.20. The van der Waals surface area contributed by atoms with Crippen LogP contribution in [0.3, 0.4) is 0 Å². The number of nitrogens with zero attached hydrogens (tertiary/aromatic N) is 2. The number of benzene rings is 2. The van der Waals surface area contributed by atoms with E-state index in [2.05, 4.69) is 26.3 Å². The normalized spacial score (nSPS) is 14.8. The molecule has 8 heteroatoms. The van der Waals surface area contributed by atoms with Crippen LogP contribution in [0.5, 0.6) is 0 Å². The largest absolute Gasteiger partial charge is 0.467 e. The van der Waals surface area contributed by atoms with Crippen molar-refractivity contribution in [3.8, 4) is 0 Å². The van der Waals surface area contributed by atoms with Gasteiger partial charge in [0.1, 0.15) is 5.71 Å². The molecule has 1 unspecified atom stereocenters. The summed E-state index contributed by atoms with van der Waals surface area (Å²) in [5.41, 5.74) is 1.70. The Balaban J connectivity index is 1.77. The number of rotatable bonds is 6. The van der Waals surface area contributed by atoms with Crippen molar-refractivity contribution in [3.63, 3.8) is 0 Å². The van der Waals surface area contributed by atoms with Crippen LogP contribution in [-0.4, -0.2) is 35.6 Å². The average Bonchev–Trinajstić information content (AvgIpc) is 2.74. The van der Waals surface area contributed by atoms with Crippen molar-refractivity contribution in [2.75, 3.05) is 7.11 Å². The Morgan fingerprint density at radius 2 is 1.83 bits per heavy atom. The van der Waals surface area contributed by atoms with Crippen molar-refractivity contribution in [3.05, 3.63) is 70.2 Å². The summed E-state index contributed by atoms with van der Waals surface area (Å²) in [7, 11) is 1.26. The second kappa shape index (κ2) is 9.47. The number of esters is 1. The van der Waals surface area contributed by atoms with Crippen LogP contribution in [0.15, 0.2) is 64.2 Å². The maximum atomic E-state index is 12.8. The standard InChI is InChI=1S/C21H20BrN3O4/c1-29-21(28)19(15-7-9-16(22)10-8-15)23-20(27)17-11-12-18(26)25(24-17)13-14-5-3-2-4-6-14/h2-10,19H,11-13H2,1H3,(H,23,27). The Bertz CT molecular complexity index is 929. The Morgan fingerprint density at radius 1 is 1.14 bits per heavy atom. The molecule has 150 valence electrons. The fourth-order valence-corrected chi connectivity index (χ4v) is 3.17. The molecule has 2 amide bonds. The van der Waals surface area contributed by atoms with Crippen LogP contribution < -0.4 is 5.32 Å². The second-order valence-corrected chi connectivity index (χ2v) is 7.38. The van der Waals surface area contributed by atoms with Gasteiger partial charge in [0.25, 0.3) is 5.91 Å². The monoisotopic (exact) mass is 457 g/mol. The minimum Gasteiger partial charge on any atom is -0.467 e. The lowest BCUT2D eigenvalue weighted by Gasteiger charge is -2.24. The van der Waals surface area contributed by atoms with Gasteiger partial charge in [0.2, 0.25) is 5.91 Å². The molecule has 3 rings (SSSR count). The van der Waals surface area contributed by atoms with Crippen LogP contribution in [-0.2, 0) is 25.7 Å². The number of methoxy groups -OCH3 is 1. The first-order chi connectivity index (χ1) is 14.0. The molecule has 0 saturated heterocycles. The third kappa shape index (κ3) is 5.29. The summed E-state index contributed by atoms with van der Waals surface area (Å²) in [4.78, 5) is 37.2. The quantitative estimate of drug-likeness (QED) is 0.675. The molecule has 2 aromatic carbocycles. The fraction of sp³-hybridized carbons (Fsp3) is 0.238. The van der Waals surface area contributed by atoms with E-state index in [0.717, 1.165) is 10.0 Å². The minimum absolute atomic E-state index is 0.150. The lowest BCUT2D eigenvalue weighted by atomic mass is 10.1. The number of ether oxygens (including phenoxy) is 1. The number of hydrogen-bond acceptors (Lipinski definition) is 5. The highest BCUT2D eigenvalue weighted by molar-refractivity contribution is 9.10. The van der Waals surface area contributed by atoms with Gasteiger partial charge in [-0.25, -0.2) is 9.80 Å². The molecule has 1 atom stereocenters. The van der Waals surface area contributed by atoms with Crippen LogP contribution in [0.4, 0.5) is 0 Å². The minimum atomic E-state index is -0.969. The number of hydrogen-bond donors (Lipinski definition) is 1. The summed E-state index contributed by atoms with van der Waals surface area (Å²) < 4.78 is 5.68. The van der Waals surface area contributed by atoms with Gasteiger partial charge in [-0.2, -0.15) is 5.10 Å². The zero-order chi connectivity index (χ0) is 20.8. The molecule has 1 aliphatic rings. The third-order valence-electron chi connectivity index (χ3n) is 4.46. The van der Waals surface area contributed by atoms with E-state index in [1.165, 1.54) is 12.1 Å². The van der Waals surface area contributed by atoms with Gasteiger partial charge in [-0.15, -0.1) is 0 Å². The summed E-state index contributed by atoms with van der Waals surface area (Å²) >= 11 is 3.34. The van der Waals surface area contributed by atoms with Crippen molar-refractivity contribution in [1.82, 2.24) is 10.3 Å². The predicted molar refractivity (Wildman–Crippen MR) is 111 cm³/mol. The molecule has 0 radical (unpaired) electrons. The Labute approximate surface area is 176 Å². The van der Waals surface area contributed by atoms with Gasteiger partial charge in [-0.1, -0.05) is 58.4 Å². The van der Waals surface area contributed by atoms with Gasteiger partial charge in [-0.3, -0.25) is 9.59 Å². The molecule has 0 saturated carbocycles. The molecule has 1 aliphatic heterocycles. The fourth-order valence-electron chi connectivity index (χ4n) is 2.91. The van der Waals surface area contributed by atoms with Crippen LogP contribution in [0.1, 0.15) is 30.0 Å². The Kier molecular flexibility index (Phi) is 6.77. The SMILES string of the molecule is COC(=O)C(NC(=O)C1=NN(Cc2ccccc2)C(=O)CC1)c1ccc(Br)cc1. The van der Waals surface area contributed by atoms with Gasteiger partial charge in [-0.05, 0) is 23.3 Å². The second-order valence-electron chi connectivity index (χ2n) is 6.46. The number of amides is 2. The van der Waals surface area contributed by atoms with Gasteiger partial charge in [0, 0.05) is 17.3 Å². The third-order valence-corrected chi connectivity index (χ3v) is 4.99. The molecule has 7 nitrogen and oxygen atoms in total. The van der Waals surface area contributed by atoms with Crippen LogP contribution >= 0.6 is 15.9 Å². The van der Waals surface area contributed by atoms with Gasteiger partial charge < -0.3 is 10.1 Å². The maximum absolute atomic E-state index is 12.8. The van der Waals surface area contributed by atoms with Gasteiger partial charge in [0.05, 0.1) is 13.7 Å². The number of carbonyl (C=O) groups excluding carboxylic acids is 3. The van der Waals surface area contributed by atoms with Crippen LogP contribution in [0.25, 0.3) is 0 Å². The first-order valence-electron chi connectivity index (χ1n) is 9.04. The van der Waals surface area contributed by atoms with E-state index < -0.39 is 17.9 Å². The van der Waals surface area contributed by atoms with E-state index >= 15 is 0 Å². The van der Waals surface area contributed by atoms with Crippen molar-refractivity contribution >= 4 is 39.4 Å². The molecule has 0 aliphatic carbocycles. The first kappa shape index (κ1) is 20.7. The molecule has 0 spiro atoms. The molecule has 0 bridgehead atoms. The summed E-state index contributed by atoms with van der Waals surface area (Å²) in [6.45, 7) is 0.281. The molecule has 1 N–H and O–H groups in total. The van der Waals surface area contributed by atoms with E-state index in [4.69, 9.17) is 4.74 Å². The molecule has 0 fully saturated rings. The number of nitrogens with one attached hydrogen (secondary N) is 1. The van der Waals surface area contributed by atoms with E-state index in [9.17, 15) is 14.4 Å². The van der Waals surface area contributed by atoms with Crippen molar-refractivity contribution in [2.24, 2.45) is 5.10 Å².